The molecule has 0 saturated heterocycles. The third kappa shape index (κ3) is 4.69. The van der Waals surface area contributed by atoms with Crippen LogP contribution in [-0.4, -0.2) is 26.0 Å². The first-order valence-corrected chi connectivity index (χ1v) is 11.7. The number of carbonyl (C=O) groups is 2. The van der Waals surface area contributed by atoms with Crippen molar-refractivity contribution in [3.05, 3.63) is 113 Å². The van der Waals surface area contributed by atoms with E-state index < -0.39 is 5.97 Å². The van der Waals surface area contributed by atoms with Gasteiger partial charge in [0.2, 0.25) is 5.78 Å². The molecule has 0 N–H and O–H groups in total. The van der Waals surface area contributed by atoms with Crippen LogP contribution < -0.4 is 18.9 Å². The van der Waals surface area contributed by atoms with E-state index in [2.05, 4.69) is 0 Å². The topological polar surface area (TPSA) is 71.1 Å². The first-order chi connectivity index (χ1) is 18.0. The van der Waals surface area contributed by atoms with E-state index in [-0.39, 0.29) is 11.5 Å². The Balaban J connectivity index is 1.36. The average molecular weight is 493 g/mol. The zero-order valence-corrected chi connectivity index (χ0v) is 20.6. The van der Waals surface area contributed by atoms with E-state index in [4.69, 9.17) is 18.9 Å². The summed E-state index contributed by atoms with van der Waals surface area (Å²) in [7, 11) is 3.02. The highest BCUT2D eigenvalue weighted by Crippen LogP contribution is 2.40. The van der Waals surface area contributed by atoms with E-state index in [0.717, 1.165) is 16.7 Å². The van der Waals surface area contributed by atoms with Gasteiger partial charge in [-0.05, 0) is 60.0 Å². The maximum absolute atomic E-state index is 13.0. The van der Waals surface area contributed by atoms with Crippen LogP contribution in [0.4, 0.5) is 0 Å². The van der Waals surface area contributed by atoms with Crippen LogP contribution in [0.3, 0.4) is 0 Å². The minimum atomic E-state index is -0.567. The number of benzene rings is 4. The van der Waals surface area contributed by atoms with Crippen molar-refractivity contribution in [1.29, 1.82) is 0 Å². The Morgan fingerprint density at radius 2 is 1.46 bits per heavy atom. The number of esters is 1. The minimum Gasteiger partial charge on any atom is -0.493 e. The van der Waals surface area contributed by atoms with E-state index in [9.17, 15) is 9.59 Å². The molecule has 5 rings (SSSR count). The number of ketones is 1. The molecule has 1 heterocycles. The van der Waals surface area contributed by atoms with E-state index >= 15 is 0 Å². The second kappa shape index (κ2) is 10.0. The molecule has 1 aliphatic heterocycles. The quantitative estimate of drug-likeness (QED) is 0.173. The molecular formula is C31H24O6. The number of ether oxygens (including phenoxy) is 4. The molecule has 1 aliphatic rings. The Kier molecular flexibility index (Phi) is 6.47. The SMILES string of the molecule is COc1ccc(C(=O)Oc2ccc3c(c2C)O/C(=C\c2ccc(-c4ccccc4)cc2)C3=O)cc1OC. The van der Waals surface area contributed by atoms with Gasteiger partial charge in [-0.15, -0.1) is 0 Å². The van der Waals surface area contributed by atoms with Gasteiger partial charge in [0.25, 0.3) is 0 Å². The third-order valence-electron chi connectivity index (χ3n) is 6.17. The zero-order valence-electron chi connectivity index (χ0n) is 20.6. The number of allylic oxidation sites excluding steroid dienone is 1. The molecule has 0 spiro atoms. The molecule has 0 bridgehead atoms. The van der Waals surface area contributed by atoms with Crippen molar-refractivity contribution in [2.24, 2.45) is 0 Å². The molecule has 0 atom stereocenters. The van der Waals surface area contributed by atoms with Crippen LogP contribution in [0.5, 0.6) is 23.0 Å². The van der Waals surface area contributed by atoms with Crippen molar-refractivity contribution in [3.63, 3.8) is 0 Å². The van der Waals surface area contributed by atoms with Crippen LogP contribution in [0.2, 0.25) is 0 Å². The van der Waals surface area contributed by atoms with Crippen LogP contribution >= 0.6 is 0 Å². The van der Waals surface area contributed by atoms with Gasteiger partial charge in [-0.25, -0.2) is 4.79 Å². The molecule has 6 heteroatoms. The zero-order chi connectivity index (χ0) is 25.9. The lowest BCUT2D eigenvalue weighted by Crippen LogP contribution is -2.10. The fraction of sp³-hybridized carbons (Fsp3) is 0.0968. The van der Waals surface area contributed by atoms with Crippen molar-refractivity contribution in [2.45, 2.75) is 6.92 Å². The summed E-state index contributed by atoms with van der Waals surface area (Å²) in [6, 6.07) is 26.0. The largest absolute Gasteiger partial charge is 0.493 e. The Morgan fingerprint density at radius 1 is 0.784 bits per heavy atom. The van der Waals surface area contributed by atoms with Crippen molar-refractivity contribution < 1.29 is 28.5 Å². The summed E-state index contributed by atoms with van der Waals surface area (Å²) in [6.45, 7) is 1.75. The lowest BCUT2D eigenvalue weighted by atomic mass is 10.0. The summed E-state index contributed by atoms with van der Waals surface area (Å²) < 4.78 is 22.1. The minimum absolute atomic E-state index is 0.217. The Bertz CT molecular complexity index is 1520. The van der Waals surface area contributed by atoms with E-state index in [1.165, 1.54) is 14.2 Å². The molecular weight excluding hydrogens is 468 g/mol. The van der Waals surface area contributed by atoms with Gasteiger partial charge >= 0.3 is 5.97 Å². The Hall–Kier alpha value is -4.84. The van der Waals surface area contributed by atoms with Crippen molar-refractivity contribution in [3.8, 4) is 34.1 Å². The molecule has 37 heavy (non-hydrogen) atoms. The molecule has 0 radical (unpaired) electrons. The maximum atomic E-state index is 13.0. The van der Waals surface area contributed by atoms with Gasteiger partial charge in [0, 0.05) is 5.56 Å². The first-order valence-electron chi connectivity index (χ1n) is 11.7. The van der Waals surface area contributed by atoms with Gasteiger partial charge in [0.15, 0.2) is 17.3 Å². The number of hydrogen-bond donors (Lipinski definition) is 0. The molecule has 0 saturated carbocycles. The number of fused-ring (bicyclic) bond motifs is 1. The van der Waals surface area contributed by atoms with Gasteiger partial charge < -0.3 is 18.9 Å². The second-order valence-electron chi connectivity index (χ2n) is 8.45. The number of hydrogen-bond acceptors (Lipinski definition) is 6. The predicted octanol–water partition coefficient (Wildman–Crippen LogP) is 6.51. The van der Waals surface area contributed by atoms with E-state index in [1.807, 2.05) is 54.6 Å². The second-order valence-corrected chi connectivity index (χ2v) is 8.45. The summed E-state index contributed by atoms with van der Waals surface area (Å²) in [5.74, 6) is 1.05. The van der Waals surface area contributed by atoms with Gasteiger partial charge in [-0.2, -0.15) is 0 Å². The third-order valence-corrected chi connectivity index (χ3v) is 6.17. The lowest BCUT2D eigenvalue weighted by Gasteiger charge is -2.12. The van der Waals surface area contributed by atoms with Crippen molar-refractivity contribution >= 4 is 17.8 Å². The molecule has 0 unspecified atom stereocenters. The highest BCUT2D eigenvalue weighted by Gasteiger charge is 2.30. The molecule has 0 aliphatic carbocycles. The summed E-state index contributed by atoms with van der Waals surface area (Å²) in [5, 5.41) is 0. The smallest absolute Gasteiger partial charge is 0.343 e. The highest BCUT2D eigenvalue weighted by atomic mass is 16.5. The number of rotatable bonds is 6. The van der Waals surface area contributed by atoms with Crippen molar-refractivity contribution in [1.82, 2.24) is 0 Å². The Labute approximate surface area is 214 Å². The Morgan fingerprint density at radius 3 is 2.16 bits per heavy atom. The molecule has 0 amide bonds. The summed E-state index contributed by atoms with van der Waals surface area (Å²) in [5.41, 5.74) is 4.33. The number of carbonyl (C=O) groups excluding carboxylic acids is 2. The van der Waals surface area contributed by atoms with Crippen molar-refractivity contribution in [2.75, 3.05) is 14.2 Å². The molecule has 0 fully saturated rings. The van der Waals surface area contributed by atoms with Crippen LogP contribution in [0.25, 0.3) is 17.2 Å². The fourth-order valence-electron chi connectivity index (χ4n) is 4.15. The fourth-order valence-corrected chi connectivity index (χ4v) is 4.15. The van der Waals surface area contributed by atoms with Crippen LogP contribution in [-0.2, 0) is 0 Å². The van der Waals surface area contributed by atoms with Gasteiger partial charge in [-0.3, -0.25) is 4.79 Å². The van der Waals surface area contributed by atoms with Crippen LogP contribution in [0, 0.1) is 6.92 Å². The molecule has 6 nitrogen and oxygen atoms in total. The molecule has 4 aromatic carbocycles. The number of Topliss-reactive ketones (excluding diaryl/α,β-unsaturated/α-hetero) is 1. The highest BCUT2D eigenvalue weighted by molar-refractivity contribution is 6.15. The standard InChI is InChI=1S/C31H24O6/c1-19-25(37-31(33)23-13-15-26(34-2)27(18-23)35-3)16-14-24-29(32)28(36-30(19)24)17-20-9-11-22(12-10-20)21-7-5-4-6-8-21/h4-18H,1-3H3/b28-17-. The van der Waals surface area contributed by atoms with Gasteiger partial charge in [0.1, 0.15) is 11.5 Å². The van der Waals surface area contributed by atoms with Crippen LogP contribution in [0.1, 0.15) is 31.8 Å². The maximum Gasteiger partial charge on any atom is 0.343 e. The molecule has 4 aromatic rings. The summed E-state index contributed by atoms with van der Waals surface area (Å²) in [4.78, 5) is 25.8. The molecule has 0 aromatic heterocycles. The van der Waals surface area contributed by atoms with E-state index in [1.54, 1.807) is 43.3 Å². The number of methoxy groups -OCH3 is 2. The van der Waals surface area contributed by atoms with Crippen LogP contribution in [0.15, 0.2) is 90.7 Å². The average Bonchev–Trinajstić information content (AvgIpc) is 3.26. The normalized spacial score (nSPS) is 13.2. The first kappa shape index (κ1) is 23.9. The predicted molar refractivity (Wildman–Crippen MR) is 140 cm³/mol. The van der Waals surface area contributed by atoms with Gasteiger partial charge in [-0.1, -0.05) is 54.6 Å². The van der Waals surface area contributed by atoms with E-state index in [0.29, 0.717) is 39.7 Å². The summed E-state index contributed by atoms with van der Waals surface area (Å²) in [6.07, 6.45) is 1.71. The molecule has 184 valence electrons. The van der Waals surface area contributed by atoms with Gasteiger partial charge in [0.05, 0.1) is 25.3 Å². The summed E-state index contributed by atoms with van der Waals surface area (Å²) >= 11 is 0. The lowest BCUT2D eigenvalue weighted by molar-refractivity contribution is 0.0732. The monoisotopic (exact) mass is 492 g/mol.